The summed E-state index contributed by atoms with van der Waals surface area (Å²) in [5, 5.41) is 5.55. The van der Waals surface area contributed by atoms with Gasteiger partial charge in [0.25, 0.3) is 0 Å². The SMILES string of the molecule is CCNC(=O)N1C[C@@H](C(=O)NCc2ccccc2)[C@H](c2cccc(C(F)(F)F)c2)C1. The molecule has 1 fully saturated rings. The van der Waals surface area contributed by atoms with Gasteiger partial charge in [-0.2, -0.15) is 13.2 Å². The molecule has 0 radical (unpaired) electrons. The van der Waals surface area contributed by atoms with Crippen LogP contribution in [0.1, 0.15) is 29.5 Å². The largest absolute Gasteiger partial charge is 0.416 e. The number of carbonyl (C=O) groups excluding carboxylic acids is 2. The van der Waals surface area contributed by atoms with Crippen molar-refractivity contribution in [2.24, 2.45) is 5.92 Å². The zero-order valence-electron chi connectivity index (χ0n) is 16.6. The van der Waals surface area contributed by atoms with Gasteiger partial charge in [-0.15, -0.1) is 0 Å². The van der Waals surface area contributed by atoms with Crippen LogP contribution in [-0.4, -0.2) is 36.5 Å². The van der Waals surface area contributed by atoms with Crippen LogP contribution in [0.5, 0.6) is 0 Å². The predicted molar refractivity (Wildman–Crippen MR) is 107 cm³/mol. The zero-order chi connectivity index (χ0) is 21.7. The average Bonchev–Trinajstić information content (AvgIpc) is 3.18. The quantitative estimate of drug-likeness (QED) is 0.775. The molecule has 1 aliphatic rings. The van der Waals surface area contributed by atoms with Crippen LogP contribution in [-0.2, 0) is 17.5 Å². The summed E-state index contributed by atoms with van der Waals surface area (Å²) in [6.07, 6.45) is -4.47. The molecule has 2 aromatic carbocycles. The highest BCUT2D eigenvalue weighted by Crippen LogP contribution is 2.36. The molecule has 3 amide bonds. The number of nitrogens with one attached hydrogen (secondary N) is 2. The molecule has 0 aliphatic carbocycles. The van der Waals surface area contributed by atoms with Gasteiger partial charge < -0.3 is 15.5 Å². The number of hydrogen-bond donors (Lipinski definition) is 2. The first-order valence-electron chi connectivity index (χ1n) is 9.81. The fourth-order valence-electron chi connectivity index (χ4n) is 3.70. The van der Waals surface area contributed by atoms with E-state index in [1.165, 1.54) is 11.0 Å². The Morgan fingerprint density at radius 2 is 1.77 bits per heavy atom. The highest BCUT2D eigenvalue weighted by Gasteiger charge is 2.41. The first-order chi connectivity index (χ1) is 14.3. The highest BCUT2D eigenvalue weighted by atomic mass is 19.4. The first kappa shape index (κ1) is 21.7. The number of amides is 3. The van der Waals surface area contributed by atoms with Gasteiger partial charge in [0.05, 0.1) is 11.5 Å². The lowest BCUT2D eigenvalue weighted by Gasteiger charge is -2.19. The Balaban J connectivity index is 1.82. The Labute approximate surface area is 173 Å². The van der Waals surface area contributed by atoms with Crippen molar-refractivity contribution in [2.45, 2.75) is 25.6 Å². The van der Waals surface area contributed by atoms with Crippen molar-refractivity contribution >= 4 is 11.9 Å². The molecular weight excluding hydrogens is 395 g/mol. The van der Waals surface area contributed by atoms with Gasteiger partial charge in [-0.3, -0.25) is 4.79 Å². The molecule has 0 bridgehead atoms. The molecule has 2 aromatic rings. The van der Waals surface area contributed by atoms with E-state index in [0.29, 0.717) is 18.7 Å². The average molecular weight is 419 g/mol. The van der Waals surface area contributed by atoms with E-state index in [1.54, 1.807) is 13.0 Å². The van der Waals surface area contributed by atoms with Crippen molar-refractivity contribution in [3.8, 4) is 0 Å². The molecule has 1 heterocycles. The van der Waals surface area contributed by atoms with E-state index >= 15 is 0 Å². The van der Waals surface area contributed by atoms with E-state index in [0.717, 1.165) is 17.7 Å². The summed E-state index contributed by atoms with van der Waals surface area (Å²) in [6, 6.07) is 14.0. The summed E-state index contributed by atoms with van der Waals surface area (Å²) in [5.41, 5.74) is 0.552. The Bertz CT molecular complexity index is 887. The van der Waals surface area contributed by atoms with Crippen LogP contribution in [0.25, 0.3) is 0 Å². The van der Waals surface area contributed by atoms with E-state index < -0.39 is 23.6 Å². The van der Waals surface area contributed by atoms with Crippen molar-refractivity contribution in [3.05, 3.63) is 71.3 Å². The third kappa shape index (κ3) is 5.11. The minimum absolute atomic E-state index is 0.146. The molecule has 160 valence electrons. The minimum Gasteiger partial charge on any atom is -0.352 e. The number of carbonyl (C=O) groups is 2. The standard InChI is InChI=1S/C22H24F3N3O2/c1-2-26-21(30)28-13-18(16-9-6-10-17(11-16)22(23,24)25)19(14-28)20(29)27-12-15-7-4-3-5-8-15/h3-11,18-19H,2,12-14H2,1H3,(H,26,30)(H,27,29)/t18-,19+/m0/s1. The molecule has 0 aromatic heterocycles. The molecule has 0 spiro atoms. The van der Waals surface area contributed by atoms with E-state index in [9.17, 15) is 22.8 Å². The number of benzene rings is 2. The molecule has 1 saturated heterocycles. The maximum Gasteiger partial charge on any atom is 0.416 e. The number of likely N-dealkylation sites (tertiary alicyclic amines) is 1. The molecular formula is C22H24F3N3O2. The first-order valence-corrected chi connectivity index (χ1v) is 9.81. The van der Waals surface area contributed by atoms with Crippen molar-refractivity contribution in [2.75, 3.05) is 19.6 Å². The number of urea groups is 1. The van der Waals surface area contributed by atoms with Crippen LogP contribution < -0.4 is 10.6 Å². The monoisotopic (exact) mass is 419 g/mol. The molecule has 0 saturated carbocycles. The van der Waals surface area contributed by atoms with Gasteiger partial charge >= 0.3 is 12.2 Å². The normalized spacial score (nSPS) is 18.9. The molecule has 2 atom stereocenters. The van der Waals surface area contributed by atoms with Crippen LogP contribution in [0, 0.1) is 5.92 Å². The van der Waals surface area contributed by atoms with E-state index in [1.807, 2.05) is 30.3 Å². The smallest absolute Gasteiger partial charge is 0.352 e. The lowest BCUT2D eigenvalue weighted by Crippen LogP contribution is -2.39. The van der Waals surface area contributed by atoms with Gasteiger partial charge in [0.2, 0.25) is 5.91 Å². The Morgan fingerprint density at radius 3 is 2.43 bits per heavy atom. The molecule has 2 N–H and O–H groups in total. The van der Waals surface area contributed by atoms with Crippen LogP contribution in [0.3, 0.4) is 0 Å². The summed E-state index contributed by atoms with van der Waals surface area (Å²) < 4.78 is 39.5. The van der Waals surface area contributed by atoms with Gasteiger partial charge in [-0.05, 0) is 24.1 Å². The van der Waals surface area contributed by atoms with Gasteiger partial charge in [0.1, 0.15) is 0 Å². The van der Waals surface area contributed by atoms with Crippen molar-refractivity contribution in [1.82, 2.24) is 15.5 Å². The maximum atomic E-state index is 13.2. The fraction of sp³-hybridized carbons (Fsp3) is 0.364. The second-order valence-electron chi connectivity index (χ2n) is 7.28. The van der Waals surface area contributed by atoms with Crippen LogP contribution in [0.4, 0.5) is 18.0 Å². The van der Waals surface area contributed by atoms with Crippen LogP contribution in [0.15, 0.2) is 54.6 Å². The summed E-state index contributed by atoms with van der Waals surface area (Å²) in [4.78, 5) is 26.7. The molecule has 30 heavy (non-hydrogen) atoms. The number of hydrogen-bond acceptors (Lipinski definition) is 2. The molecule has 0 unspecified atom stereocenters. The van der Waals surface area contributed by atoms with Crippen molar-refractivity contribution < 1.29 is 22.8 Å². The van der Waals surface area contributed by atoms with E-state index in [2.05, 4.69) is 10.6 Å². The van der Waals surface area contributed by atoms with E-state index in [4.69, 9.17) is 0 Å². The lowest BCUT2D eigenvalue weighted by atomic mass is 9.87. The Hall–Kier alpha value is -3.03. The maximum absolute atomic E-state index is 13.2. The second kappa shape index (κ2) is 9.19. The zero-order valence-corrected chi connectivity index (χ0v) is 16.6. The van der Waals surface area contributed by atoms with Gasteiger partial charge in [-0.25, -0.2) is 4.79 Å². The summed E-state index contributed by atoms with van der Waals surface area (Å²) in [5.74, 6) is -1.45. The summed E-state index contributed by atoms with van der Waals surface area (Å²) >= 11 is 0. The predicted octanol–water partition coefficient (Wildman–Crippen LogP) is 3.77. The number of rotatable bonds is 5. The molecule has 8 heteroatoms. The number of nitrogens with zero attached hydrogens (tertiary/aromatic N) is 1. The summed E-state index contributed by atoms with van der Waals surface area (Å²) in [7, 11) is 0. The molecule has 3 rings (SSSR count). The lowest BCUT2D eigenvalue weighted by molar-refractivity contribution is -0.137. The molecule has 1 aliphatic heterocycles. The Morgan fingerprint density at radius 1 is 1.03 bits per heavy atom. The van der Waals surface area contributed by atoms with Gasteiger partial charge in [0.15, 0.2) is 0 Å². The van der Waals surface area contributed by atoms with Crippen molar-refractivity contribution in [3.63, 3.8) is 0 Å². The minimum atomic E-state index is -4.47. The highest BCUT2D eigenvalue weighted by molar-refractivity contribution is 5.83. The van der Waals surface area contributed by atoms with Gasteiger partial charge in [-0.1, -0.05) is 48.5 Å². The Kier molecular flexibility index (Phi) is 6.64. The third-order valence-corrected chi connectivity index (χ3v) is 5.22. The summed E-state index contributed by atoms with van der Waals surface area (Å²) in [6.45, 7) is 2.84. The number of halogens is 3. The number of alkyl halides is 3. The van der Waals surface area contributed by atoms with Crippen LogP contribution in [0.2, 0.25) is 0 Å². The third-order valence-electron chi connectivity index (χ3n) is 5.22. The van der Waals surface area contributed by atoms with Crippen molar-refractivity contribution in [1.29, 1.82) is 0 Å². The van der Waals surface area contributed by atoms with Gasteiger partial charge in [0, 0.05) is 32.1 Å². The second-order valence-corrected chi connectivity index (χ2v) is 7.28. The topological polar surface area (TPSA) is 61.4 Å². The van der Waals surface area contributed by atoms with E-state index in [-0.39, 0.29) is 25.0 Å². The van der Waals surface area contributed by atoms with Crippen LogP contribution >= 0.6 is 0 Å². The molecule has 5 nitrogen and oxygen atoms in total. The fourth-order valence-corrected chi connectivity index (χ4v) is 3.70.